The van der Waals surface area contributed by atoms with Crippen LogP contribution in [-0.2, 0) is 6.42 Å². The van der Waals surface area contributed by atoms with Crippen LogP contribution in [-0.4, -0.2) is 39.0 Å². The van der Waals surface area contributed by atoms with Crippen molar-refractivity contribution in [3.8, 4) is 0 Å². The fourth-order valence-corrected chi connectivity index (χ4v) is 3.58. The molecule has 7 nitrogen and oxygen atoms in total. The summed E-state index contributed by atoms with van der Waals surface area (Å²) in [6.07, 6.45) is 6.43. The Labute approximate surface area is 188 Å². The Hall–Kier alpha value is -2.48. The van der Waals surface area contributed by atoms with E-state index in [1.54, 1.807) is 12.4 Å². The lowest BCUT2D eigenvalue weighted by Crippen LogP contribution is -2.30. The predicted molar refractivity (Wildman–Crippen MR) is 122 cm³/mol. The quantitative estimate of drug-likeness (QED) is 0.622. The van der Waals surface area contributed by atoms with E-state index in [1.807, 2.05) is 48.0 Å². The van der Waals surface area contributed by atoms with E-state index in [0.29, 0.717) is 11.7 Å². The second-order valence-electron chi connectivity index (χ2n) is 7.13. The van der Waals surface area contributed by atoms with Crippen LogP contribution in [0.5, 0.6) is 0 Å². The summed E-state index contributed by atoms with van der Waals surface area (Å²) in [5.41, 5.74) is 4.34. The van der Waals surface area contributed by atoms with Gasteiger partial charge in [0, 0.05) is 18.1 Å². The lowest BCUT2D eigenvalue weighted by Gasteiger charge is -2.23. The number of hydrogen-bond acceptors (Lipinski definition) is 5. The molecule has 2 aromatic heterocycles. The van der Waals surface area contributed by atoms with Crippen molar-refractivity contribution in [3.63, 3.8) is 0 Å². The minimum Gasteiger partial charge on any atom is -0.321 e. The summed E-state index contributed by atoms with van der Waals surface area (Å²) in [4.78, 5) is 16.7. The van der Waals surface area contributed by atoms with Crippen molar-refractivity contribution in [1.82, 2.24) is 25.3 Å². The summed E-state index contributed by atoms with van der Waals surface area (Å²) in [6, 6.07) is 12.2. The lowest BCUT2D eigenvalue weighted by molar-refractivity contribution is 0.102. The second-order valence-corrected chi connectivity index (χ2v) is 7.13. The second kappa shape index (κ2) is 11.1. The van der Waals surface area contributed by atoms with Crippen LogP contribution in [0.1, 0.15) is 46.2 Å². The van der Waals surface area contributed by atoms with Gasteiger partial charge in [-0.1, -0.05) is 17.3 Å². The zero-order valence-corrected chi connectivity index (χ0v) is 18.4. The number of nitrogens with zero attached hydrogens (tertiary/aromatic N) is 4. The molecule has 3 aromatic rings. The summed E-state index contributed by atoms with van der Waals surface area (Å²) in [5.74, 6) is -0.223. The molecule has 0 radical (unpaired) electrons. The van der Waals surface area contributed by atoms with E-state index >= 15 is 0 Å². The van der Waals surface area contributed by atoms with Gasteiger partial charge in [-0.3, -0.25) is 9.78 Å². The molecule has 1 aromatic carbocycles. The zero-order chi connectivity index (χ0) is 19.3. The van der Waals surface area contributed by atoms with E-state index < -0.39 is 0 Å². The SMILES string of the molecule is Cc1c(C(=O)Nc2ccc(Cc3ccncc3)cc2)nnn1C1CCNCC1.Cl.Cl. The van der Waals surface area contributed by atoms with Crippen molar-refractivity contribution in [2.75, 3.05) is 18.4 Å². The third-order valence-electron chi connectivity index (χ3n) is 5.17. The van der Waals surface area contributed by atoms with Gasteiger partial charge in [0.2, 0.25) is 0 Å². The number of aromatic nitrogens is 4. The van der Waals surface area contributed by atoms with Crippen molar-refractivity contribution in [2.24, 2.45) is 0 Å². The summed E-state index contributed by atoms with van der Waals surface area (Å²) >= 11 is 0. The molecule has 3 heterocycles. The molecule has 30 heavy (non-hydrogen) atoms. The molecule has 1 saturated heterocycles. The van der Waals surface area contributed by atoms with Gasteiger partial charge in [0.15, 0.2) is 5.69 Å². The number of carbonyl (C=O) groups excluding carboxylic acids is 1. The standard InChI is InChI=1S/C21H24N6O.2ClH/c1-15-20(25-26-27(15)19-8-12-23-13-9-19)21(28)24-18-4-2-16(3-5-18)14-17-6-10-22-11-7-17;;/h2-7,10-11,19,23H,8-9,12-14H2,1H3,(H,24,28);2*1H. The topological polar surface area (TPSA) is 84.7 Å². The first kappa shape index (κ1) is 23.8. The number of nitrogens with one attached hydrogen (secondary N) is 2. The Kier molecular flexibility index (Phi) is 8.77. The highest BCUT2D eigenvalue weighted by molar-refractivity contribution is 6.03. The fraction of sp³-hybridized carbons (Fsp3) is 0.333. The average Bonchev–Trinajstić information content (AvgIpc) is 3.12. The minimum absolute atomic E-state index is 0. The molecule has 0 bridgehead atoms. The maximum absolute atomic E-state index is 12.7. The first-order chi connectivity index (χ1) is 13.7. The third kappa shape index (κ3) is 5.56. The van der Waals surface area contributed by atoms with Crippen LogP contribution in [0.3, 0.4) is 0 Å². The molecule has 0 unspecified atom stereocenters. The molecule has 0 aliphatic carbocycles. The number of halogens is 2. The molecule has 0 atom stereocenters. The van der Waals surface area contributed by atoms with E-state index in [9.17, 15) is 4.79 Å². The number of pyridine rings is 1. The van der Waals surface area contributed by atoms with Gasteiger partial charge in [0.05, 0.1) is 11.7 Å². The van der Waals surface area contributed by atoms with Crippen LogP contribution in [0, 0.1) is 6.92 Å². The highest BCUT2D eigenvalue weighted by Gasteiger charge is 2.22. The third-order valence-corrected chi connectivity index (χ3v) is 5.17. The molecule has 2 N–H and O–H groups in total. The Bertz CT molecular complexity index is 940. The zero-order valence-electron chi connectivity index (χ0n) is 16.7. The largest absolute Gasteiger partial charge is 0.321 e. The maximum Gasteiger partial charge on any atom is 0.278 e. The summed E-state index contributed by atoms with van der Waals surface area (Å²) in [5, 5.41) is 14.6. The fourth-order valence-electron chi connectivity index (χ4n) is 3.58. The van der Waals surface area contributed by atoms with Crippen molar-refractivity contribution in [1.29, 1.82) is 0 Å². The Morgan fingerprint density at radius 3 is 2.37 bits per heavy atom. The summed E-state index contributed by atoms with van der Waals surface area (Å²) < 4.78 is 1.90. The normalized spacial score (nSPS) is 13.8. The molecule has 0 spiro atoms. The monoisotopic (exact) mass is 448 g/mol. The lowest BCUT2D eigenvalue weighted by atomic mass is 10.1. The molecular formula is C21H26Cl2N6O. The maximum atomic E-state index is 12.7. The molecule has 1 aliphatic rings. The average molecular weight is 449 g/mol. The van der Waals surface area contributed by atoms with Gasteiger partial charge < -0.3 is 10.6 Å². The van der Waals surface area contributed by atoms with Crippen molar-refractivity contribution in [3.05, 3.63) is 71.3 Å². The van der Waals surface area contributed by atoms with Gasteiger partial charge in [-0.15, -0.1) is 29.9 Å². The molecule has 0 saturated carbocycles. The van der Waals surface area contributed by atoms with Crippen LogP contribution in [0.25, 0.3) is 0 Å². The van der Waals surface area contributed by atoms with Gasteiger partial charge in [0.25, 0.3) is 5.91 Å². The van der Waals surface area contributed by atoms with Gasteiger partial charge >= 0.3 is 0 Å². The number of piperidine rings is 1. The van der Waals surface area contributed by atoms with Crippen molar-refractivity contribution >= 4 is 36.4 Å². The van der Waals surface area contributed by atoms with Gasteiger partial charge in [-0.05, 0) is 74.7 Å². The van der Waals surface area contributed by atoms with Crippen LogP contribution in [0.4, 0.5) is 5.69 Å². The number of hydrogen-bond donors (Lipinski definition) is 2. The first-order valence-corrected chi connectivity index (χ1v) is 9.62. The van der Waals surface area contributed by atoms with Crippen LogP contribution in [0.2, 0.25) is 0 Å². The Morgan fingerprint density at radius 1 is 1.07 bits per heavy atom. The Balaban J connectivity index is 0.00000160. The van der Waals surface area contributed by atoms with E-state index in [4.69, 9.17) is 0 Å². The molecule has 1 fully saturated rings. The van der Waals surface area contributed by atoms with Crippen LogP contribution in [0.15, 0.2) is 48.8 Å². The van der Waals surface area contributed by atoms with E-state index in [0.717, 1.165) is 43.7 Å². The highest BCUT2D eigenvalue weighted by Crippen LogP contribution is 2.21. The molecule has 1 aliphatic heterocycles. The van der Waals surface area contributed by atoms with Crippen molar-refractivity contribution < 1.29 is 4.79 Å². The summed E-state index contributed by atoms with van der Waals surface area (Å²) in [6.45, 7) is 3.85. The van der Waals surface area contributed by atoms with Crippen LogP contribution >= 0.6 is 24.8 Å². The Morgan fingerprint density at radius 2 is 1.70 bits per heavy atom. The smallest absolute Gasteiger partial charge is 0.278 e. The van der Waals surface area contributed by atoms with Crippen LogP contribution < -0.4 is 10.6 Å². The number of rotatable bonds is 5. The minimum atomic E-state index is -0.223. The van der Waals surface area contributed by atoms with E-state index in [1.165, 1.54) is 11.1 Å². The number of benzene rings is 1. The summed E-state index contributed by atoms with van der Waals surface area (Å²) in [7, 11) is 0. The van der Waals surface area contributed by atoms with Crippen molar-refractivity contribution in [2.45, 2.75) is 32.2 Å². The highest BCUT2D eigenvalue weighted by atomic mass is 35.5. The molecule has 9 heteroatoms. The van der Waals surface area contributed by atoms with E-state index in [-0.39, 0.29) is 30.7 Å². The number of carbonyl (C=O) groups is 1. The van der Waals surface area contributed by atoms with Gasteiger partial charge in [0.1, 0.15) is 0 Å². The molecule has 4 rings (SSSR count). The molecule has 1 amide bonds. The predicted octanol–water partition coefficient (Wildman–Crippen LogP) is 3.59. The molecule has 160 valence electrons. The van der Waals surface area contributed by atoms with Gasteiger partial charge in [-0.2, -0.15) is 0 Å². The first-order valence-electron chi connectivity index (χ1n) is 9.62. The number of amides is 1. The molecular weight excluding hydrogens is 423 g/mol. The number of anilines is 1. The van der Waals surface area contributed by atoms with Gasteiger partial charge in [-0.25, -0.2) is 4.68 Å². The van der Waals surface area contributed by atoms with E-state index in [2.05, 4.69) is 25.9 Å².